The zero-order chi connectivity index (χ0) is 12.7. The molecule has 0 aromatic carbocycles. The summed E-state index contributed by atoms with van der Waals surface area (Å²) in [6.07, 6.45) is 0. The molecule has 2 atom stereocenters. The van der Waals surface area contributed by atoms with Gasteiger partial charge in [-0.05, 0) is 0 Å². The maximum absolute atomic E-state index is 12.2. The van der Waals surface area contributed by atoms with E-state index in [0.29, 0.717) is 0 Å². The van der Waals surface area contributed by atoms with Crippen LogP contribution in [0.3, 0.4) is 0 Å². The van der Waals surface area contributed by atoms with Crippen molar-refractivity contribution in [2.24, 2.45) is 0 Å². The van der Waals surface area contributed by atoms with Crippen LogP contribution in [0, 0.1) is 0 Å². The number of alkyl halides is 4. The molecule has 0 amide bonds. The van der Waals surface area contributed by atoms with Gasteiger partial charge in [-0.1, -0.05) is 0 Å². The lowest BCUT2D eigenvalue weighted by Gasteiger charge is -2.18. The van der Waals surface area contributed by atoms with Crippen LogP contribution in [0.5, 0.6) is 0 Å². The van der Waals surface area contributed by atoms with E-state index in [1.54, 1.807) is 0 Å². The fraction of sp³-hybridized carbons (Fsp3) is 1.00. The largest absolute Gasteiger partial charge is 0.343 e. The molecule has 0 aromatic rings. The molecular formula is C3H2F6O4S2. The maximum atomic E-state index is 12.2. The molecule has 0 radical (unpaired) electrons. The summed E-state index contributed by atoms with van der Waals surface area (Å²) in [7, 11) is -13.1. The molecule has 0 heterocycles. The van der Waals surface area contributed by atoms with Crippen LogP contribution in [0.4, 0.5) is 25.3 Å². The first-order chi connectivity index (χ1) is 6.31. The van der Waals surface area contributed by atoms with Crippen molar-refractivity contribution in [3.8, 4) is 0 Å². The van der Waals surface area contributed by atoms with E-state index in [-0.39, 0.29) is 0 Å². The van der Waals surface area contributed by atoms with Crippen molar-refractivity contribution in [1.82, 2.24) is 0 Å². The van der Waals surface area contributed by atoms with Crippen LogP contribution in [-0.2, 0) is 20.4 Å². The summed E-state index contributed by atoms with van der Waals surface area (Å²) >= 11 is 0. The summed E-state index contributed by atoms with van der Waals surface area (Å²) < 4.78 is 110. The number of rotatable bonds is 4. The Morgan fingerprint density at radius 2 is 1.00 bits per heavy atom. The van der Waals surface area contributed by atoms with Gasteiger partial charge in [0.25, 0.3) is 11.0 Å². The van der Waals surface area contributed by atoms with E-state index < -0.39 is 37.4 Å². The predicted molar refractivity (Wildman–Crippen MR) is 34.8 cm³/mol. The van der Waals surface area contributed by atoms with Gasteiger partial charge in [-0.2, -0.15) is 25.6 Å². The number of hydrogen-bond acceptors (Lipinski definition) is 4. The van der Waals surface area contributed by atoms with Gasteiger partial charge in [0, 0.05) is 0 Å². The van der Waals surface area contributed by atoms with Gasteiger partial charge in [-0.3, -0.25) is 0 Å². The van der Waals surface area contributed by atoms with Gasteiger partial charge in [0.15, 0.2) is 0 Å². The quantitative estimate of drug-likeness (QED) is 0.564. The number of halogens is 6. The third kappa shape index (κ3) is 3.22. The van der Waals surface area contributed by atoms with Crippen LogP contribution in [0.25, 0.3) is 0 Å². The second-order valence-electron chi connectivity index (χ2n) is 2.26. The lowest BCUT2D eigenvalue weighted by atomic mass is 10.4. The zero-order valence-electron chi connectivity index (χ0n) is 6.37. The van der Waals surface area contributed by atoms with E-state index >= 15 is 0 Å². The average Bonchev–Trinajstić information content (AvgIpc) is 1.98. The van der Waals surface area contributed by atoms with Gasteiger partial charge in [-0.25, -0.2) is 8.78 Å². The van der Waals surface area contributed by atoms with E-state index in [1.807, 2.05) is 0 Å². The zero-order valence-corrected chi connectivity index (χ0v) is 8.00. The second kappa shape index (κ2) is 3.81. The molecule has 0 aromatic heterocycles. The Bertz CT molecular complexity index is 385. The molecule has 0 spiro atoms. The van der Waals surface area contributed by atoms with Crippen molar-refractivity contribution in [2.45, 2.75) is 16.9 Å². The van der Waals surface area contributed by atoms with Crippen LogP contribution in [0.1, 0.15) is 0 Å². The highest BCUT2D eigenvalue weighted by atomic mass is 32.3. The van der Waals surface area contributed by atoms with Crippen molar-refractivity contribution < 1.29 is 42.2 Å². The Balaban J connectivity index is 5.35. The molecule has 0 aliphatic rings. The molecule has 0 fully saturated rings. The molecule has 4 nitrogen and oxygen atoms in total. The molecule has 0 N–H and O–H groups in total. The Morgan fingerprint density at radius 1 is 0.800 bits per heavy atom. The maximum Gasteiger partial charge on any atom is 0.343 e. The smallest absolute Gasteiger partial charge is 0.220 e. The second-order valence-corrected chi connectivity index (χ2v) is 4.99. The lowest BCUT2D eigenvalue weighted by Crippen LogP contribution is -2.45. The number of hydrogen-bond donors (Lipinski definition) is 0. The summed E-state index contributed by atoms with van der Waals surface area (Å²) in [6.45, 7) is 0. The molecule has 0 bridgehead atoms. The molecule has 0 aliphatic heterocycles. The van der Waals surface area contributed by atoms with E-state index in [4.69, 9.17) is 0 Å². The standard InChI is InChI=1S/C3H2F6O4S2/c4-1(14(8,10)11)3(6,7)2(5)15(9,12)13/h1-2H. The van der Waals surface area contributed by atoms with Gasteiger partial charge in [0.2, 0.25) is 0 Å². The minimum atomic E-state index is -6.55. The first-order valence-corrected chi connectivity index (χ1v) is 5.73. The van der Waals surface area contributed by atoms with E-state index in [1.165, 1.54) is 0 Å². The summed E-state index contributed by atoms with van der Waals surface area (Å²) in [6, 6.07) is 0. The van der Waals surface area contributed by atoms with Crippen molar-refractivity contribution in [2.75, 3.05) is 0 Å². The Kier molecular flexibility index (Phi) is 3.68. The topological polar surface area (TPSA) is 68.3 Å². The molecule has 12 heteroatoms. The first-order valence-electron chi connectivity index (χ1n) is 2.84. The molecule has 0 saturated heterocycles. The van der Waals surface area contributed by atoms with Gasteiger partial charge in [0.05, 0.1) is 0 Å². The monoisotopic (exact) mass is 280 g/mol. The minimum Gasteiger partial charge on any atom is -0.220 e. The van der Waals surface area contributed by atoms with Crippen molar-refractivity contribution in [3.63, 3.8) is 0 Å². The van der Waals surface area contributed by atoms with Crippen molar-refractivity contribution in [1.29, 1.82) is 0 Å². The fourth-order valence-corrected chi connectivity index (χ4v) is 1.55. The molecular weight excluding hydrogens is 278 g/mol. The van der Waals surface area contributed by atoms with Gasteiger partial charge in [-0.15, -0.1) is 7.77 Å². The third-order valence-electron chi connectivity index (χ3n) is 1.10. The average molecular weight is 280 g/mol. The van der Waals surface area contributed by atoms with Crippen molar-refractivity contribution >= 4 is 20.4 Å². The fourth-order valence-electron chi connectivity index (χ4n) is 0.478. The van der Waals surface area contributed by atoms with E-state index in [2.05, 4.69) is 0 Å². The molecule has 15 heavy (non-hydrogen) atoms. The van der Waals surface area contributed by atoms with Crippen LogP contribution < -0.4 is 0 Å². The minimum absolute atomic E-state index is 4.80. The first kappa shape index (κ1) is 14.5. The van der Waals surface area contributed by atoms with Crippen molar-refractivity contribution in [3.05, 3.63) is 0 Å². The summed E-state index contributed by atoms with van der Waals surface area (Å²) in [5.41, 5.74) is -9.60. The highest BCUT2D eigenvalue weighted by Gasteiger charge is 2.61. The normalized spacial score (nSPS) is 18.5. The van der Waals surface area contributed by atoms with E-state index in [0.717, 1.165) is 0 Å². The summed E-state index contributed by atoms with van der Waals surface area (Å²) in [5.74, 6) is -5.87. The highest BCUT2D eigenvalue weighted by molar-refractivity contribution is 7.88. The van der Waals surface area contributed by atoms with Crippen LogP contribution in [0.15, 0.2) is 0 Å². The van der Waals surface area contributed by atoms with Crippen LogP contribution in [-0.4, -0.2) is 33.8 Å². The Labute approximate surface area is 80.3 Å². The summed E-state index contributed by atoms with van der Waals surface area (Å²) in [5, 5.41) is 0. The summed E-state index contributed by atoms with van der Waals surface area (Å²) in [4.78, 5) is 0. The predicted octanol–water partition coefficient (Wildman–Crippen LogP) is 0.812. The molecule has 0 aliphatic carbocycles. The third-order valence-corrected chi connectivity index (χ3v) is 2.72. The molecule has 2 unspecified atom stereocenters. The van der Waals surface area contributed by atoms with Crippen LogP contribution in [0.2, 0.25) is 0 Å². The SMILES string of the molecule is O=S(=O)(F)C(F)C(F)(F)C(F)S(=O)(=O)F. The van der Waals surface area contributed by atoms with Gasteiger partial charge < -0.3 is 0 Å². The van der Waals surface area contributed by atoms with Gasteiger partial charge >= 0.3 is 26.4 Å². The lowest BCUT2D eigenvalue weighted by molar-refractivity contribution is -0.0766. The molecule has 0 saturated carbocycles. The molecule has 92 valence electrons. The highest BCUT2D eigenvalue weighted by Crippen LogP contribution is 2.35. The van der Waals surface area contributed by atoms with Crippen LogP contribution >= 0.6 is 0 Å². The Morgan fingerprint density at radius 3 is 1.13 bits per heavy atom. The van der Waals surface area contributed by atoms with E-state index in [9.17, 15) is 42.2 Å². The Hall–Kier alpha value is -0.520. The molecule has 0 rings (SSSR count). The van der Waals surface area contributed by atoms with Gasteiger partial charge in [0.1, 0.15) is 0 Å².